The number of alkyl halides is 3. The van der Waals surface area contributed by atoms with Crippen LogP contribution in [-0.4, -0.2) is 17.3 Å². The summed E-state index contributed by atoms with van der Waals surface area (Å²) in [4.78, 5) is 7.57. The molecule has 0 aliphatic rings. The Labute approximate surface area is 138 Å². The minimum atomic E-state index is -4.87. The molecular weight excluding hydrogens is 377 g/mol. The number of pyridine rings is 1. The van der Waals surface area contributed by atoms with Crippen molar-refractivity contribution in [3.63, 3.8) is 0 Å². The molecule has 0 atom stereocenters. The first-order valence-corrected chi connectivity index (χ1v) is 7.22. The average Bonchev–Trinajstić information content (AvgIpc) is 2.50. The van der Waals surface area contributed by atoms with Crippen LogP contribution in [0.15, 0.2) is 58.3 Å². The number of aromatic nitrogens is 1. The van der Waals surface area contributed by atoms with Crippen LogP contribution in [0, 0.1) is 0 Å². The summed E-state index contributed by atoms with van der Waals surface area (Å²) in [5.41, 5.74) is 0.871. The average molecular weight is 389 g/mol. The van der Waals surface area contributed by atoms with Gasteiger partial charge in [0, 0.05) is 6.54 Å². The monoisotopic (exact) mass is 388 g/mol. The zero-order chi connectivity index (χ0) is 16.7. The number of guanidine groups is 1. The van der Waals surface area contributed by atoms with E-state index < -0.39 is 6.36 Å². The Morgan fingerprint density at radius 2 is 1.87 bits per heavy atom. The Morgan fingerprint density at radius 3 is 2.52 bits per heavy atom. The van der Waals surface area contributed by atoms with Crippen molar-refractivity contribution < 1.29 is 18.0 Å². The fourth-order valence-electron chi connectivity index (χ4n) is 1.58. The lowest BCUT2D eigenvalue weighted by atomic mass is 10.2. The molecule has 9 heteroatoms. The second-order valence-corrected chi connectivity index (χ2v) is 5.10. The Hall–Kier alpha value is -2.29. The molecule has 2 N–H and O–H groups in total. The summed E-state index contributed by atoms with van der Waals surface area (Å²) >= 11 is 3.18. The number of oxime groups is 1. The molecule has 5 nitrogen and oxygen atoms in total. The Kier molecular flexibility index (Phi) is 5.80. The zero-order valence-electron chi connectivity index (χ0n) is 11.6. The van der Waals surface area contributed by atoms with Crippen LogP contribution in [0.5, 0.6) is 0 Å². The van der Waals surface area contributed by atoms with Crippen LogP contribution in [0.1, 0.15) is 5.56 Å². The van der Waals surface area contributed by atoms with Gasteiger partial charge >= 0.3 is 6.36 Å². The van der Waals surface area contributed by atoms with Crippen molar-refractivity contribution in [1.82, 2.24) is 10.3 Å². The maximum atomic E-state index is 12.2. The van der Waals surface area contributed by atoms with Crippen LogP contribution in [-0.2, 0) is 11.4 Å². The largest absolute Gasteiger partial charge is 0.593 e. The van der Waals surface area contributed by atoms with E-state index in [1.807, 2.05) is 30.3 Å². The van der Waals surface area contributed by atoms with Gasteiger partial charge in [0.1, 0.15) is 10.4 Å². The standard InChI is InChI=1S/C14H12BrF3N4O/c15-11-7-4-8-12(20-11)21-13(22-23-14(16,17)18)19-9-10-5-2-1-3-6-10/h1-8H,9H2,(H2,19,20,21,22). The molecule has 0 unspecified atom stereocenters. The molecule has 2 rings (SSSR count). The number of anilines is 1. The van der Waals surface area contributed by atoms with Gasteiger partial charge in [-0.1, -0.05) is 36.4 Å². The van der Waals surface area contributed by atoms with E-state index in [-0.39, 0.29) is 12.5 Å². The van der Waals surface area contributed by atoms with E-state index in [1.54, 1.807) is 18.2 Å². The minimum absolute atomic E-state index is 0.211. The van der Waals surface area contributed by atoms with Gasteiger partial charge in [0.05, 0.1) is 0 Å². The van der Waals surface area contributed by atoms with Crippen LogP contribution in [0.4, 0.5) is 19.0 Å². The summed E-state index contributed by atoms with van der Waals surface area (Å²) in [5, 5.41) is 8.42. The van der Waals surface area contributed by atoms with Gasteiger partial charge in [-0.15, -0.1) is 13.2 Å². The first-order chi connectivity index (χ1) is 10.9. The summed E-state index contributed by atoms with van der Waals surface area (Å²) in [6.45, 7) is 0.266. The fourth-order valence-corrected chi connectivity index (χ4v) is 1.92. The van der Waals surface area contributed by atoms with E-state index in [0.717, 1.165) is 5.56 Å². The molecule has 1 heterocycles. The number of nitrogens with one attached hydrogen (secondary N) is 2. The van der Waals surface area contributed by atoms with Crippen LogP contribution in [0.3, 0.4) is 0 Å². The molecule has 0 saturated heterocycles. The number of hydrogen-bond acceptors (Lipinski definition) is 3. The van der Waals surface area contributed by atoms with Gasteiger partial charge in [-0.2, -0.15) is 0 Å². The molecule has 0 spiro atoms. The van der Waals surface area contributed by atoms with Crippen molar-refractivity contribution in [3.8, 4) is 0 Å². The molecule has 0 aliphatic heterocycles. The van der Waals surface area contributed by atoms with Gasteiger partial charge < -0.3 is 10.6 Å². The van der Waals surface area contributed by atoms with Gasteiger partial charge in [-0.3, -0.25) is 4.84 Å². The minimum Gasteiger partial charge on any atom is -0.349 e. The third kappa shape index (κ3) is 6.55. The molecule has 1 aromatic heterocycles. The van der Waals surface area contributed by atoms with Crippen LogP contribution in [0.25, 0.3) is 0 Å². The number of rotatable bonds is 4. The fraction of sp³-hybridized carbons (Fsp3) is 0.143. The van der Waals surface area contributed by atoms with Crippen molar-refractivity contribution in [2.75, 3.05) is 5.32 Å². The molecule has 0 amide bonds. The van der Waals surface area contributed by atoms with Crippen LogP contribution >= 0.6 is 15.9 Å². The molecule has 0 fully saturated rings. The summed E-state index contributed by atoms with van der Waals surface area (Å²) in [6.07, 6.45) is -4.87. The highest BCUT2D eigenvalue weighted by Crippen LogP contribution is 2.16. The van der Waals surface area contributed by atoms with E-state index in [1.165, 1.54) is 0 Å². The normalized spacial score (nSPS) is 11.9. The highest BCUT2D eigenvalue weighted by molar-refractivity contribution is 9.10. The first-order valence-electron chi connectivity index (χ1n) is 6.43. The van der Waals surface area contributed by atoms with Crippen molar-refractivity contribution in [1.29, 1.82) is 0 Å². The van der Waals surface area contributed by atoms with E-state index in [4.69, 9.17) is 0 Å². The van der Waals surface area contributed by atoms with Crippen molar-refractivity contribution in [3.05, 3.63) is 58.7 Å². The maximum absolute atomic E-state index is 12.2. The SMILES string of the molecule is FC(F)(F)ON=C(NCc1ccccc1)Nc1cccc(Br)n1. The molecular formula is C14H12BrF3N4O. The first kappa shape index (κ1) is 17.1. The van der Waals surface area contributed by atoms with Gasteiger partial charge in [0.15, 0.2) is 0 Å². The van der Waals surface area contributed by atoms with Crippen LogP contribution < -0.4 is 10.6 Å². The van der Waals surface area contributed by atoms with E-state index in [0.29, 0.717) is 10.4 Å². The van der Waals surface area contributed by atoms with Crippen molar-refractivity contribution in [2.45, 2.75) is 12.9 Å². The van der Waals surface area contributed by atoms with Crippen molar-refractivity contribution >= 4 is 27.7 Å². The smallest absolute Gasteiger partial charge is 0.349 e. The predicted octanol–water partition coefficient (Wildman–Crippen LogP) is 3.85. The predicted molar refractivity (Wildman–Crippen MR) is 83.4 cm³/mol. The maximum Gasteiger partial charge on any atom is 0.593 e. The Balaban J connectivity index is 2.08. The third-order valence-electron chi connectivity index (χ3n) is 2.50. The van der Waals surface area contributed by atoms with Crippen molar-refractivity contribution in [2.24, 2.45) is 5.16 Å². The lowest BCUT2D eigenvalue weighted by molar-refractivity contribution is -0.325. The highest BCUT2D eigenvalue weighted by atomic mass is 79.9. The zero-order valence-corrected chi connectivity index (χ0v) is 13.2. The molecule has 0 bridgehead atoms. The highest BCUT2D eigenvalue weighted by Gasteiger charge is 2.31. The number of benzene rings is 1. The second kappa shape index (κ2) is 7.82. The summed E-state index contributed by atoms with van der Waals surface area (Å²) in [6, 6.07) is 14.1. The molecule has 2 aromatic rings. The molecule has 122 valence electrons. The third-order valence-corrected chi connectivity index (χ3v) is 2.95. The lowest BCUT2D eigenvalue weighted by Gasteiger charge is -2.12. The van der Waals surface area contributed by atoms with Gasteiger partial charge in [0.2, 0.25) is 5.96 Å². The topological polar surface area (TPSA) is 58.5 Å². The lowest BCUT2D eigenvalue weighted by Crippen LogP contribution is -2.31. The summed E-state index contributed by atoms with van der Waals surface area (Å²) in [5.74, 6) is 0.0984. The van der Waals surface area contributed by atoms with E-state index in [2.05, 4.69) is 41.5 Å². The number of halogens is 4. The van der Waals surface area contributed by atoms with Gasteiger partial charge in [-0.25, -0.2) is 4.98 Å². The van der Waals surface area contributed by atoms with E-state index in [9.17, 15) is 13.2 Å². The summed E-state index contributed by atoms with van der Waals surface area (Å²) in [7, 11) is 0. The molecule has 23 heavy (non-hydrogen) atoms. The van der Waals surface area contributed by atoms with E-state index >= 15 is 0 Å². The second-order valence-electron chi connectivity index (χ2n) is 4.29. The van der Waals surface area contributed by atoms with Gasteiger partial charge in [0.25, 0.3) is 0 Å². The van der Waals surface area contributed by atoms with Crippen LogP contribution in [0.2, 0.25) is 0 Å². The Bertz CT molecular complexity index is 665. The number of hydrogen-bond donors (Lipinski definition) is 2. The van der Waals surface area contributed by atoms with Gasteiger partial charge in [-0.05, 0) is 38.8 Å². The Morgan fingerprint density at radius 1 is 1.13 bits per heavy atom. The molecule has 0 aliphatic carbocycles. The molecule has 1 aromatic carbocycles. The number of nitrogens with zero attached hydrogens (tertiary/aromatic N) is 2. The quantitative estimate of drug-likeness (QED) is 0.361. The summed E-state index contributed by atoms with van der Waals surface area (Å²) < 4.78 is 37.1. The molecule has 0 saturated carbocycles. The molecule has 0 radical (unpaired) electrons.